The van der Waals surface area contributed by atoms with E-state index in [2.05, 4.69) is 17.6 Å². The molecular weight excluding hydrogens is 150 g/mol. The number of aromatic nitrogens is 1. The van der Waals surface area contributed by atoms with Crippen molar-refractivity contribution >= 4 is 35.6 Å². The molecule has 0 radical (unpaired) electrons. The predicted octanol–water partition coefficient (Wildman–Crippen LogP) is 2.09. The Bertz CT molecular complexity index is 145. The van der Waals surface area contributed by atoms with Crippen LogP contribution >= 0.6 is 35.6 Å². The van der Waals surface area contributed by atoms with Crippen LogP contribution in [-0.2, 0) is 0 Å². The number of halogens is 1. The van der Waals surface area contributed by atoms with Crippen molar-refractivity contribution in [3.8, 4) is 0 Å². The fourth-order valence-electron chi connectivity index (χ4n) is 0.226. The first-order valence-electron chi connectivity index (χ1n) is 1.58. The molecule has 1 aromatic rings. The summed E-state index contributed by atoms with van der Waals surface area (Å²) in [6.45, 7) is 0. The second-order valence-electron chi connectivity index (χ2n) is 0.948. The summed E-state index contributed by atoms with van der Waals surface area (Å²) < 4.78 is 0.779. The highest BCUT2D eigenvalue weighted by atomic mass is 35.5. The van der Waals surface area contributed by atoms with Crippen molar-refractivity contribution in [2.45, 2.75) is 4.21 Å². The molecule has 0 aliphatic rings. The zero-order valence-electron chi connectivity index (χ0n) is 3.26. The van der Waals surface area contributed by atoms with Crippen molar-refractivity contribution in [2.75, 3.05) is 0 Å². The smallest absolute Gasteiger partial charge is 0.153 e. The first-order chi connectivity index (χ1) is 3.30. The van der Waals surface area contributed by atoms with E-state index in [1.54, 1.807) is 5.51 Å². The van der Waals surface area contributed by atoms with Gasteiger partial charge in [0.2, 0.25) is 0 Å². The first-order valence-corrected chi connectivity index (χ1v) is 3.29. The standard InChI is InChI=1S/C3H2ClNS2/c4-2-3(6)7-1-5-2/h1,6H. The highest BCUT2D eigenvalue weighted by molar-refractivity contribution is 7.83. The molecule has 0 saturated carbocycles. The Morgan fingerprint density at radius 1 is 1.86 bits per heavy atom. The van der Waals surface area contributed by atoms with Gasteiger partial charge >= 0.3 is 0 Å². The topological polar surface area (TPSA) is 12.9 Å². The molecule has 1 aromatic heterocycles. The molecule has 0 bridgehead atoms. The Hall–Kier alpha value is 0.270. The van der Waals surface area contributed by atoms with Gasteiger partial charge in [-0.05, 0) is 0 Å². The summed E-state index contributed by atoms with van der Waals surface area (Å²) in [5.74, 6) is 0. The molecule has 0 fully saturated rings. The highest BCUT2D eigenvalue weighted by Crippen LogP contribution is 2.21. The average Bonchev–Trinajstić information content (AvgIpc) is 1.91. The number of hydrogen-bond donors (Lipinski definition) is 1. The summed E-state index contributed by atoms with van der Waals surface area (Å²) in [5.41, 5.74) is 1.66. The van der Waals surface area contributed by atoms with E-state index >= 15 is 0 Å². The lowest BCUT2D eigenvalue weighted by atomic mass is 11.0. The lowest BCUT2D eigenvalue weighted by molar-refractivity contribution is 1.38. The van der Waals surface area contributed by atoms with Crippen molar-refractivity contribution in [2.24, 2.45) is 0 Å². The Labute approximate surface area is 55.7 Å². The molecule has 7 heavy (non-hydrogen) atoms. The zero-order valence-corrected chi connectivity index (χ0v) is 5.72. The lowest BCUT2D eigenvalue weighted by Crippen LogP contribution is -1.54. The van der Waals surface area contributed by atoms with E-state index in [1.165, 1.54) is 11.3 Å². The maximum atomic E-state index is 5.45. The maximum Gasteiger partial charge on any atom is 0.153 e. The third-order valence-corrected chi connectivity index (χ3v) is 2.19. The largest absolute Gasteiger partial charge is 0.232 e. The lowest BCUT2D eigenvalue weighted by Gasteiger charge is -1.73. The van der Waals surface area contributed by atoms with Crippen molar-refractivity contribution in [3.05, 3.63) is 10.7 Å². The zero-order chi connectivity index (χ0) is 5.28. The van der Waals surface area contributed by atoms with Gasteiger partial charge in [0.15, 0.2) is 5.15 Å². The Balaban J connectivity index is 3.12. The van der Waals surface area contributed by atoms with Crippen molar-refractivity contribution in [1.82, 2.24) is 4.98 Å². The van der Waals surface area contributed by atoms with Gasteiger partial charge in [-0.3, -0.25) is 0 Å². The minimum atomic E-state index is 0.494. The van der Waals surface area contributed by atoms with Gasteiger partial charge in [-0.1, -0.05) is 11.6 Å². The average molecular weight is 152 g/mol. The number of hydrogen-bond acceptors (Lipinski definition) is 3. The third kappa shape index (κ3) is 1.08. The molecule has 4 heteroatoms. The fraction of sp³-hybridized carbons (Fsp3) is 0. The van der Waals surface area contributed by atoms with Crippen molar-refractivity contribution in [3.63, 3.8) is 0 Å². The molecule has 0 aliphatic carbocycles. The number of nitrogens with zero attached hydrogens (tertiary/aromatic N) is 1. The summed E-state index contributed by atoms with van der Waals surface area (Å²) in [7, 11) is 0. The van der Waals surface area contributed by atoms with E-state index in [9.17, 15) is 0 Å². The number of thiol groups is 1. The van der Waals surface area contributed by atoms with Gasteiger partial charge in [0.1, 0.15) is 0 Å². The van der Waals surface area contributed by atoms with E-state index < -0.39 is 0 Å². The molecule has 0 aliphatic heterocycles. The first kappa shape index (κ1) is 5.41. The summed E-state index contributed by atoms with van der Waals surface area (Å²) in [5, 5.41) is 0.494. The molecule has 0 atom stereocenters. The summed E-state index contributed by atoms with van der Waals surface area (Å²) in [4.78, 5) is 3.72. The van der Waals surface area contributed by atoms with E-state index in [0.29, 0.717) is 5.15 Å². The predicted molar refractivity (Wildman–Crippen MR) is 34.4 cm³/mol. The molecule has 0 aromatic carbocycles. The van der Waals surface area contributed by atoms with Crippen LogP contribution < -0.4 is 0 Å². The second-order valence-corrected chi connectivity index (χ2v) is 2.91. The molecule has 1 nitrogen and oxygen atoms in total. The maximum absolute atomic E-state index is 5.45. The van der Waals surface area contributed by atoms with E-state index in [-0.39, 0.29) is 0 Å². The molecule has 1 rings (SSSR count). The number of rotatable bonds is 0. The van der Waals surface area contributed by atoms with Gasteiger partial charge in [-0.15, -0.1) is 24.0 Å². The molecule has 0 amide bonds. The fourth-order valence-corrected chi connectivity index (χ4v) is 1.07. The summed E-state index contributed by atoms with van der Waals surface area (Å²) >= 11 is 10.8. The summed E-state index contributed by atoms with van der Waals surface area (Å²) in [6, 6.07) is 0. The van der Waals surface area contributed by atoms with Gasteiger partial charge in [0, 0.05) is 0 Å². The quantitative estimate of drug-likeness (QED) is 0.561. The summed E-state index contributed by atoms with van der Waals surface area (Å²) in [6.07, 6.45) is 0. The van der Waals surface area contributed by atoms with Gasteiger partial charge < -0.3 is 0 Å². The van der Waals surface area contributed by atoms with Crippen LogP contribution in [0.4, 0.5) is 0 Å². The van der Waals surface area contributed by atoms with E-state index in [1.807, 2.05) is 0 Å². The van der Waals surface area contributed by atoms with E-state index in [0.717, 1.165) is 4.21 Å². The minimum Gasteiger partial charge on any atom is -0.232 e. The Morgan fingerprint density at radius 2 is 2.57 bits per heavy atom. The molecular formula is C3H2ClNS2. The van der Waals surface area contributed by atoms with Gasteiger partial charge in [-0.25, -0.2) is 4.98 Å². The van der Waals surface area contributed by atoms with Crippen molar-refractivity contribution in [1.29, 1.82) is 0 Å². The monoisotopic (exact) mass is 151 g/mol. The highest BCUT2D eigenvalue weighted by Gasteiger charge is 1.93. The molecule has 0 N–H and O–H groups in total. The van der Waals surface area contributed by atoms with Gasteiger partial charge in [0.05, 0.1) is 9.72 Å². The van der Waals surface area contributed by atoms with Crippen molar-refractivity contribution < 1.29 is 0 Å². The van der Waals surface area contributed by atoms with Crippen LogP contribution in [0.5, 0.6) is 0 Å². The normalized spacial score (nSPS) is 9.43. The molecule has 0 saturated heterocycles. The minimum absolute atomic E-state index is 0.494. The van der Waals surface area contributed by atoms with Crippen LogP contribution in [0.25, 0.3) is 0 Å². The van der Waals surface area contributed by atoms with E-state index in [4.69, 9.17) is 11.6 Å². The molecule has 1 heterocycles. The van der Waals surface area contributed by atoms with Crippen LogP contribution in [0.2, 0.25) is 5.15 Å². The van der Waals surface area contributed by atoms with Crippen LogP contribution in [0.1, 0.15) is 0 Å². The molecule has 0 spiro atoms. The molecule has 38 valence electrons. The Kier molecular flexibility index (Phi) is 1.57. The van der Waals surface area contributed by atoms with Crippen LogP contribution in [0, 0.1) is 0 Å². The third-order valence-electron chi connectivity index (χ3n) is 0.507. The molecule has 0 unspecified atom stereocenters. The number of thiazole rings is 1. The van der Waals surface area contributed by atoms with Crippen LogP contribution in [0.15, 0.2) is 9.72 Å². The van der Waals surface area contributed by atoms with Gasteiger partial charge in [0.25, 0.3) is 0 Å². The van der Waals surface area contributed by atoms with Crippen LogP contribution in [0.3, 0.4) is 0 Å². The SMILES string of the molecule is Sc1scnc1Cl. The Morgan fingerprint density at radius 3 is 2.71 bits per heavy atom. The van der Waals surface area contributed by atoms with Gasteiger partial charge in [-0.2, -0.15) is 0 Å². The second kappa shape index (κ2) is 2.03. The van der Waals surface area contributed by atoms with Crippen LogP contribution in [-0.4, -0.2) is 4.98 Å².